The van der Waals surface area contributed by atoms with E-state index in [1.54, 1.807) is 0 Å². The van der Waals surface area contributed by atoms with Crippen LogP contribution >= 0.6 is 0 Å². The first-order chi connectivity index (χ1) is 17.0. The Balaban J connectivity index is 1.96. The van der Waals surface area contributed by atoms with Gasteiger partial charge in [0, 0.05) is 31.7 Å². The quantitative estimate of drug-likeness (QED) is 0.481. The van der Waals surface area contributed by atoms with Crippen LogP contribution in [-0.2, 0) is 27.4 Å². The van der Waals surface area contributed by atoms with Crippen molar-refractivity contribution in [3.05, 3.63) is 77.4 Å². The van der Waals surface area contributed by atoms with Gasteiger partial charge in [0.05, 0.1) is 17.2 Å². The van der Waals surface area contributed by atoms with Crippen LogP contribution in [0.3, 0.4) is 0 Å². The molecule has 2 N–H and O–H groups in total. The molecule has 2 unspecified atom stereocenters. The molecule has 1 aliphatic heterocycles. The van der Waals surface area contributed by atoms with Gasteiger partial charge in [-0.25, -0.2) is 13.2 Å². The van der Waals surface area contributed by atoms with Crippen LogP contribution in [0, 0.1) is 11.3 Å². The number of benzene rings is 2. The Kier molecular flexibility index (Phi) is 8.39. The average Bonchev–Trinajstić information content (AvgIpc) is 2.83. The number of hydrogen-bond acceptors (Lipinski definition) is 7. The predicted molar refractivity (Wildman–Crippen MR) is 125 cm³/mol. The van der Waals surface area contributed by atoms with Crippen molar-refractivity contribution in [2.75, 3.05) is 26.2 Å². The summed E-state index contributed by atoms with van der Waals surface area (Å²) in [7, 11) is -3.99. The minimum absolute atomic E-state index is 0.0155. The summed E-state index contributed by atoms with van der Waals surface area (Å²) in [5.74, 6) is -1.38. The van der Waals surface area contributed by atoms with Gasteiger partial charge in [0.2, 0.25) is 0 Å². The van der Waals surface area contributed by atoms with Gasteiger partial charge in [-0.05, 0) is 35.9 Å². The summed E-state index contributed by atoms with van der Waals surface area (Å²) >= 11 is 0. The Morgan fingerprint density at radius 1 is 1.31 bits per heavy atom. The molecule has 0 bridgehead atoms. The van der Waals surface area contributed by atoms with E-state index < -0.39 is 44.8 Å². The van der Waals surface area contributed by atoms with Gasteiger partial charge in [-0.1, -0.05) is 18.2 Å². The third-order valence-corrected chi connectivity index (χ3v) is 8.13. The number of aliphatic carboxylic acids is 1. The fourth-order valence-corrected chi connectivity index (χ4v) is 6.07. The van der Waals surface area contributed by atoms with Gasteiger partial charge in [0.25, 0.3) is 0 Å². The molecule has 12 heteroatoms. The molecule has 0 aliphatic carbocycles. The number of nitrogens with zero attached hydrogens (tertiary/aromatic N) is 2. The number of carbonyl (C=O) groups is 1. The summed E-state index contributed by atoms with van der Waals surface area (Å²) in [4.78, 5) is 12.5. The minimum atomic E-state index is -4.65. The zero-order valence-corrected chi connectivity index (χ0v) is 19.8. The molecule has 2 aromatic carbocycles. The molecule has 0 aromatic heterocycles. The van der Waals surface area contributed by atoms with Gasteiger partial charge in [0.1, 0.15) is 16.4 Å². The highest BCUT2D eigenvalue weighted by Crippen LogP contribution is 2.35. The number of halogens is 3. The van der Waals surface area contributed by atoms with E-state index in [-0.39, 0.29) is 30.9 Å². The zero-order chi connectivity index (χ0) is 26.5. The molecule has 2 atom stereocenters. The van der Waals surface area contributed by atoms with Crippen molar-refractivity contribution in [3.63, 3.8) is 0 Å². The molecule has 2 aromatic rings. The highest BCUT2D eigenvalue weighted by atomic mass is 32.2. The van der Waals surface area contributed by atoms with E-state index in [0.29, 0.717) is 17.7 Å². The number of hydrogen-bond donors (Lipinski definition) is 2. The van der Waals surface area contributed by atoms with Crippen molar-refractivity contribution >= 4 is 15.8 Å². The second kappa shape index (κ2) is 11.1. The van der Waals surface area contributed by atoms with E-state index in [1.807, 2.05) is 6.07 Å². The molecular weight excluding hydrogens is 499 g/mol. The van der Waals surface area contributed by atoms with Gasteiger partial charge >= 0.3 is 12.1 Å². The van der Waals surface area contributed by atoms with Crippen LogP contribution in [0.4, 0.5) is 13.2 Å². The molecule has 0 radical (unpaired) electrons. The van der Waals surface area contributed by atoms with Crippen LogP contribution in [0.5, 0.6) is 5.75 Å². The molecule has 36 heavy (non-hydrogen) atoms. The van der Waals surface area contributed by atoms with Crippen LogP contribution < -0.4 is 10.1 Å². The maximum atomic E-state index is 13.7. The largest absolute Gasteiger partial charge is 0.482 e. The van der Waals surface area contributed by atoms with Crippen molar-refractivity contribution < 1.29 is 36.2 Å². The highest BCUT2D eigenvalue weighted by Gasteiger charge is 2.39. The second-order valence-electron chi connectivity index (χ2n) is 8.11. The van der Waals surface area contributed by atoms with Gasteiger partial charge in [-0.3, -0.25) is 4.90 Å². The monoisotopic (exact) mass is 523 g/mol. The zero-order valence-electron chi connectivity index (χ0n) is 19.0. The third-order valence-electron chi connectivity index (χ3n) is 5.73. The molecule has 0 saturated carbocycles. The van der Waals surface area contributed by atoms with Crippen LogP contribution in [0.15, 0.2) is 55.1 Å². The van der Waals surface area contributed by atoms with Crippen LogP contribution in [0.25, 0.3) is 0 Å². The van der Waals surface area contributed by atoms with Crippen molar-refractivity contribution in [3.8, 4) is 11.8 Å². The maximum absolute atomic E-state index is 13.7. The molecule has 8 nitrogen and oxygen atoms in total. The predicted octanol–water partition coefficient (Wildman–Crippen LogP) is 3.11. The normalized spacial score (nSPS) is 17.7. The summed E-state index contributed by atoms with van der Waals surface area (Å²) in [6, 6.07) is 10.7. The van der Waals surface area contributed by atoms with Crippen LogP contribution in [-0.4, -0.2) is 56.0 Å². The summed E-state index contributed by atoms with van der Waals surface area (Å²) in [5.41, 5.74) is -0.185. The molecular formula is C24H24F3N3O5S. The molecule has 0 amide bonds. The van der Waals surface area contributed by atoms with Crippen molar-refractivity contribution in [1.82, 2.24) is 10.2 Å². The molecule has 1 heterocycles. The Morgan fingerprint density at radius 3 is 2.58 bits per heavy atom. The van der Waals surface area contributed by atoms with Gasteiger partial charge in [-0.15, -0.1) is 6.58 Å². The Bertz CT molecular complexity index is 1260. The maximum Gasteiger partial charge on any atom is 0.416 e. The van der Waals surface area contributed by atoms with E-state index in [0.717, 1.165) is 18.2 Å². The summed E-state index contributed by atoms with van der Waals surface area (Å²) in [5, 5.41) is 18.7. The van der Waals surface area contributed by atoms with Gasteiger partial charge < -0.3 is 15.2 Å². The lowest BCUT2D eigenvalue weighted by Crippen LogP contribution is -2.55. The smallest absolute Gasteiger partial charge is 0.416 e. The number of carboxylic acids is 1. The molecule has 1 aliphatic rings. The fraction of sp³-hybridized carbons (Fsp3) is 0.333. The number of rotatable bonds is 9. The van der Waals surface area contributed by atoms with Crippen LogP contribution in [0.2, 0.25) is 0 Å². The lowest BCUT2D eigenvalue weighted by Gasteiger charge is -2.37. The molecule has 0 spiro atoms. The minimum Gasteiger partial charge on any atom is -0.482 e. The molecule has 1 fully saturated rings. The van der Waals surface area contributed by atoms with Gasteiger partial charge in [0.15, 0.2) is 16.4 Å². The van der Waals surface area contributed by atoms with Crippen molar-refractivity contribution in [2.45, 2.75) is 23.3 Å². The Labute approximate surface area is 206 Å². The molecule has 1 saturated heterocycles. The number of nitriles is 1. The summed E-state index contributed by atoms with van der Waals surface area (Å²) in [6.07, 6.45) is -3.38. The fourth-order valence-electron chi connectivity index (χ4n) is 3.98. The lowest BCUT2D eigenvalue weighted by atomic mass is 10.1. The number of sulfone groups is 1. The van der Waals surface area contributed by atoms with E-state index in [1.165, 1.54) is 35.2 Å². The summed E-state index contributed by atoms with van der Waals surface area (Å²) < 4.78 is 72.7. The topological polar surface area (TPSA) is 120 Å². The second-order valence-corrected chi connectivity index (χ2v) is 10.3. The standard InChI is InChI=1S/C24H24F3N3O5S/c1-2-21(17-5-3-16(12-28)4-6-17)36(33,34)22-13-29-9-10-30(22)14-18-11-19(24(25,26)27)7-8-20(18)35-15-23(31)32/h2-8,11,21-22,29H,1,9-10,13-15H2,(H,31,32). The highest BCUT2D eigenvalue weighted by molar-refractivity contribution is 7.92. The van der Waals surface area contributed by atoms with E-state index >= 15 is 0 Å². The average molecular weight is 524 g/mol. The Hall–Kier alpha value is -3.40. The van der Waals surface area contributed by atoms with E-state index in [4.69, 9.17) is 15.1 Å². The van der Waals surface area contributed by atoms with Gasteiger partial charge in [-0.2, -0.15) is 18.4 Å². The molecule has 3 rings (SSSR count). The third kappa shape index (κ3) is 6.23. The lowest BCUT2D eigenvalue weighted by molar-refractivity contribution is -0.140. The number of alkyl halides is 3. The summed E-state index contributed by atoms with van der Waals surface area (Å²) in [6.45, 7) is 3.29. The first-order valence-electron chi connectivity index (χ1n) is 10.8. The molecule has 192 valence electrons. The van der Waals surface area contributed by atoms with E-state index in [2.05, 4.69) is 11.9 Å². The Morgan fingerprint density at radius 2 is 2.00 bits per heavy atom. The first kappa shape index (κ1) is 27.2. The number of ether oxygens (including phenoxy) is 1. The first-order valence-corrected chi connectivity index (χ1v) is 12.4. The number of piperazine rings is 1. The van der Waals surface area contributed by atoms with Crippen molar-refractivity contribution in [1.29, 1.82) is 5.26 Å². The van der Waals surface area contributed by atoms with E-state index in [9.17, 15) is 26.4 Å². The van der Waals surface area contributed by atoms with Crippen LogP contribution in [0.1, 0.15) is 27.5 Å². The number of nitrogens with one attached hydrogen (secondary N) is 1. The SMILES string of the molecule is C=CC(c1ccc(C#N)cc1)S(=O)(=O)C1CNCCN1Cc1cc(C(F)(F)F)ccc1OCC(=O)O. The van der Waals surface area contributed by atoms with Crippen molar-refractivity contribution in [2.24, 2.45) is 0 Å². The number of carboxylic acid groups (broad SMARTS) is 1.